The zero-order valence-electron chi connectivity index (χ0n) is 24.9. The molecule has 1 saturated heterocycles. The Morgan fingerprint density at radius 3 is 2.28 bits per heavy atom. The molecule has 0 spiro atoms. The Morgan fingerprint density at radius 2 is 1.55 bits per heavy atom. The van der Waals surface area contributed by atoms with Crippen molar-refractivity contribution in [1.29, 1.82) is 0 Å². The Balaban J connectivity index is 1.33. The van der Waals surface area contributed by atoms with E-state index in [0.717, 1.165) is 6.92 Å². The molecule has 47 heavy (non-hydrogen) atoms. The van der Waals surface area contributed by atoms with Gasteiger partial charge in [0.2, 0.25) is 12.0 Å². The minimum Gasteiger partial charge on any atom is -0.493 e. The van der Waals surface area contributed by atoms with Crippen molar-refractivity contribution in [3.05, 3.63) is 69.4 Å². The number of ether oxygens (including phenoxy) is 5. The Hall–Kier alpha value is -5.00. The lowest BCUT2D eigenvalue weighted by Gasteiger charge is -2.40. The van der Waals surface area contributed by atoms with Crippen LogP contribution in [0, 0.1) is 0 Å². The maximum atomic E-state index is 12.8. The van der Waals surface area contributed by atoms with E-state index in [-0.39, 0.29) is 34.2 Å². The third-order valence-electron chi connectivity index (χ3n) is 7.19. The summed E-state index contributed by atoms with van der Waals surface area (Å²) in [7, 11) is 1.31. The van der Waals surface area contributed by atoms with Crippen LogP contribution in [-0.2, 0) is 19.1 Å². The van der Waals surface area contributed by atoms with E-state index in [9.17, 15) is 39.6 Å². The van der Waals surface area contributed by atoms with Crippen molar-refractivity contribution in [2.75, 3.05) is 13.7 Å². The third-order valence-corrected chi connectivity index (χ3v) is 7.19. The van der Waals surface area contributed by atoms with E-state index < -0.39 is 78.9 Å². The smallest absolute Gasteiger partial charge is 0.379 e. The molecular weight excluding hydrogens is 628 g/mol. The highest BCUT2D eigenvalue weighted by molar-refractivity contribution is 5.82. The van der Waals surface area contributed by atoms with Gasteiger partial charge in [0.05, 0.1) is 25.6 Å². The van der Waals surface area contributed by atoms with Gasteiger partial charge in [0.25, 0.3) is 0 Å². The average molecular weight is 659 g/mol. The zero-order valence-corrected chi connectivity index (χ0v) is 24.9. The highest BCUT2D eigenvalue weighted by Gasteiger charge is 2.46. The predicted molar refractivity (Wildman–Crippen MR) is 157 cm³/mol. The van der Waals surface area contributed by atoms with Crippen LogP contribution in [0.15, 0.2) is 67.0 Å². The first-order chi connectivity index (χ1) is 22.2. The molecule has 6 atom stereocenters. The highest BCUT2D eigenvalue weighted by Crippen LogP contribution is 2.36. The normalized spacial score (nSPS) is 22.4. The molecule has 3 heterocycles. The van der Waals surface area contributed by atoms with Gasteiger partial charge in [-0.05, 0) is 37.3 Å². The summed E-state index contributed by atoms with van der Waals surface area (Å²) >= 11 is 0. The molecule has 16 nitrogen and oxygen atoms in total. The van der Waals surface area contributed by atoms with Crippen LogP contribution in [0.4, 0.5) is 0 Å². The maximum Gasteiger partial charge on any atom is 0.379 e. The SMILES string of the molecule is COc1cc2cc(Oc3ccc4ccc(=O)oc4c3)c(=O)oc2cc1O[C@@H]1O[C@@H](COC(=O)C[C@](C)(O)CC(=O)O)[C@H](O)[C@H](O)[C@@H]1O. The van der Waals surface area contributed by atoms with Gasteiger partial charge in [-0.25, -0.2) is 9.59 Å². The molecule has 5 rings (SSSR count). The molecule has 1 aliphatic heterocycles. The monoisotopic (exact) mass is 658 g/mol. The van der Waals surface area contributed by atoms with Crippen molar-refractivity contribution in [2.45, 2.75) is 56.1 Å². The molecule has 4 aromatic rings. The van der Waals surface area contributed by atoms with Crippen LogP contribution in [-0.4, -0.2) is 87.5 Å². The van der Waals surface area contributed by atoms with Crippen molar-refractivity contribution in [3.8, 4) is 23.0 Å². The van der Waals surface area contributed by atoms with Gasteiger partial charge in [-0.1, -0.05) is 0 Å². The Bertz CT molecular complexity index is 1910. The average Bonchev–Trinajstić information content (AvgIpc) is 2.99. The minimum atomic E-state index is -1.90. The first kappa shape index (κ1) is 33.4. The van der Waals surface area contributed by atoms with Crippen LogP contribution in [0.3, 0.4) is 0 Å². The van der Waals surface area contributed by atoms with Crippen molar-refractivity contribution in [2.24, 2.45) is 0 Å². The van der Waals surface area contributed by atoms with E-state index in [1.165, 1.54) is 37.4 Å². The summed E-state index contributed by atoms with van der Waals surface area (Å²) in [5.74, 6) is -2.37. The number of aliphatic carboxylic acids is 1. The molecule has 250 valence electrons. The van der Waals surface area contributed by atoms with Crippen molar-refractivity contribution < 1.29 is 67.6 Å². The topological polar surface area (TPSA) is 242 Å². The van der Waals surface area contributed by atoms with E-state index in [1.807, 2.05) is 0 Å². The van der Waals surface area contributed by atoms with Gasteiger partial charge in [-0.3, -0.25) is 9.59 Å². The number of hydrogen-bond acceptors (Lipinski definition) is 15. The number of carboxylic acids is 1. The molecule has 1 fully saturated rings. The van der Waals surface area contributed by atoms with Crippen LogP contribution < -0.4 is 25.5 Å². The van der Waals surface area contributed by atoms with Gasteiger partial charge in [-0.2, -0.15) is 0 Å². The minimum absolute atomic E-state index is 0.00688. The predicted octanol–water partition coefficient (Wildman–Crippen LogP) is 1.05. The maximum absolute atomic E-state index is 12.8. The second-order valence-corrected chi connectivity index (χ2v) is 11.1. The fraction of sp³-hybridized carbons (Fsp3) is 0.355. The quantitative estimate of drug-likeness (QED) is 0.112. The van der Waals surface area contributed by atoms with E-state index in [1.54, 1.807) is 18.2 Å². The summed E-state index contributed by atoms with van der Waals surface area (Å²) in [6.45, 7) is 0.487. The number of esters is 1. The second-order valence-electron chi connectivity index (χ2n) is 11.1. The molecule has 5 N–H and O–H groups in total. The van der Waals surface area contributed by atoms with E-state index in [4.69, 9.17) is 37.6 Å². The van der Waals surface area contributed by atoms with Crippen LogP contribution in [0.25, 0.3) is 21.9 Å². The number of hydrogen-bond donors (Lipinski definition) is 5. The molecule has 1 aliphatic rings. The second kappa shape index (κ2) is 13.4. The number of carboxylic acid groups (broad SMARTS) is 1. The standard InChI is InChI=1S/C31H30O16/c1-31(40,11-23(32)33)12-25(35)42-13-22-26(36)27(37)28(38)30(47-22)46-20-10-18-15(7-19(20)41-2)8-21(29(39)45-18)43-16-5-3-14-4-6-24(34)44-17(14)9-16/h3-10,22,26-28,30,36-38,40H,11-13H2,1-2H3,(H,32,33)/t22-,26-,27-,28-,30+,31+/m0/s1. The van der Waals surface area contributed by atoms with Gasteiger partial charge in [0, 0.05) is 29.0 Å². The van der Waals surface area contributed by atoms with E-state index in [2.05, 4.69) is 0 Å². The van der Waals surface area contributed by atoms with Crippen molar-refractivity contribution in [3.63, 3.8) is 0 Å². The zero-order chi connectivity index (χ0) is 34.0. The number of methoxy groups -OCH3 is 1. The first-order valence-corrected chi connectivity index (χ1v) is 14.1. The van der Waals surface area contributed by atoms with E-state index in [0.29, 0.717) is 10.8 Å². The molecular formula is C31H30O16. The molecule has 0 radical (unpaired) electrons. The third kappa shape index (κ3) is 7.70. The molecule has 0 aliphatic carbocycles. The lowest BCUT2D eigenvalue weighted by molar-refractivity contribution is -0.278. The number of benzene rings is 2. The summed E-state index contributed by atoms with van der Waals surface area (Å²) in [5.41, 5.74) is -3.08. The summed E-state index contributed by atoms with van der Waals surface area (Å²) < 4.78 is 38.0. The number of rotatable bonds is 11. The number of carbonyl (C=O) groups excluding carboxylic acids is 1. The number of fused-ring (bicyclic) bond motifs is 2. The number of carbonyl (C=O) groups is 2. The Labute approximate surface area is 263 Å². The van der Waals surface area contributed by atoms with Crippen LogP contribution in [0.1, 0.15) is 19.8 Å². The van der Waals surface area contributed by atoms with Crippen LogP contribution in [0.5, 0.6) is 23.0 Å². The number of aliphatic hydroxyl groups excluding tert-OH is 3. The van der Waals surface area contributed by atoms with Gasteiger partial charge in [0.1, 0.15) is 47.9 Å². The molecule has 0 saturated carbocycles. The van der Waals surface area contributed by atoms with Crippen molar-refractivity contribution >= 4 is 33.9 Å². The van der Waals surface area contributed by atoms with Crippen molar-refractivity contribution in [1.82, 2.24) is 0 Å². The summed E-state index contributed by atoms with van der Waals surface area (Å²) in [4.78, 5) is 47.5. The molecule has 0 unspecified atom stereocenters. The van der Waals surface area contributed by atoms with Crippen LogP contribution >= 0.6 is 0 Å². The largest absolute Gasteiger partial charge is 0.493 e. The fourth-order valence-electron chi connectivity index (χ4n) is 4.86. The Kier molecular flexibility index (Phi) is 9.50. The lowest BCUT2D eigenvalue weighted by atomic mass is 9.98. The molecule has 0 amide bonds. The summed E-state index contributed by atoms with van der Waals surface area (Å²) in [5, 5.41) is 51.3. The van der Waals surface area contributed by atoms with Gasteiger partial charge in [-0.15, -0.1) is 0 Å². The first-order valence-electron chi connectivity index (χ1n) is 14.1. The summed E-state index contributed by atoms with van der Waals surface area (Å²) in [6.07, 6.45) is -9.83. The highest BCUT2D eigenvalue weighted by atomic mass is 16.7. The van der Waals surface area contributed by atoms with Crippen LogP contribution in [0.2, 0.25) is 0 Å². The molecule has 0 bridgehead atoms. The summed E-state index contributed by atoms with van der Waals surface area (Å²) in [6, 6.07) is 11.6. The Morgan fingerprint density at radius 1 is 0.851 bits per heavy atom. The molecule has 2 aromatic carbocycles. The lowest BCUT2D eigenvalue weighted by Crippen LogP contribution is -2.60. The number of aliphatic hydroxyl groups is 4. The fourth-order valence-corrected chi connectivity index (χ4v) is 4.86. The van der Waals surface area contributed by atoms with Gasteiger partial charge < -0.3 is 58.1 Å². The van der Waals surface area contributed by atoms with E-state index >= 15 is 0 Å². The van der Waals surface area contributed by atoms with Gasteiger partial charge >= 0.3 is 23.2 Å². The molecule has 2 aromatic heterocycles. The molecule has 16 heteroatoms. The van der Waals surface area contributed by atoms with Gasteiger partial charge in [0.15, 0.2) is 11.5 Å².